The van der Waals surface area contributed by atoms with Crippen molar-refractivity contribution in [3.8, 4) is 11.3 Å². The van der Waals surface area contributed by atoms with Crippen LogP contribution in [0.3, 0.4) is 0 Å². The second-order valence-electron chi connectivity index (χ2n) is 4.34. The van der Waals surface area contributed by atoms with E-state index in [-0.39, 0.29) is 0 Å². The Morgan fingerprint density at radius 3 is 2.72 bits per heavy atom. The monoisotopic (exact) mass is 241 g/mol. The van der Waals surface area contributed by atoms with Crippen LogP contribution in [0.5, 0.6) is 0 Å². The first-order valence-electron chi connectivity index (χ1n) is 6.12. The van der Waals surface area contributed by atoms with E-state index in [9.17, 15) is 0 Å². The van der Waals surface area contributed by atoms with Gasteiger partial charge in [0.1, 0.15) is 0 Å². The van der Waals surface area contributed by atoms with Crippen LogP contribution >= 0.6 is 0 Å². The van der Waals surface area contributed by atoms with Crippen molar-refractivity contribution in [1.29, 1.82) is 0 Å². The van der Waals surface area contributed by atoms with Crippen LogP contribution in [0.25, 0.3) is 11.3 Å². The number of hydrogen-bond acceptors (Lipinski definition) is 5. The van der Waals surface area contributed by atoms with Crippen molar-refractivity contribution in [2.24, 2.45) is 0 Å². The smallest absolute Gasteiger partial charge is 0.222 e. The molecule has 2 N–H and O–H groups in total. The largest absolute Gasteiger partial charge is 0.350 e. The maximum atomic E-state index is 4.33. The molecule has 92 valence electrons. The molecular formula is C13H15N5. The Kier molecular flexibility index (Phi) is 3.14. The first kappa shape index (κ1) is 11.1. The molecule has 0 spiro atoms. The topological polar surface area (TPSA) is 62.7 Å². The van der Waals surface area contributed by atoms with Gasteiger partial charge in [-0.25, -0.2) is 9.97 Å². The second kappa shape index (κ2) is 5.10. The molecule has 2 aromatic heterocycles. The molecule has 0 amide bonds. The standard InChI is InChI=1S/C13H15N5/c1-2-5-15-12(3-1)10-7-16-13(17-8-10)18-11-4-6-14-9-11/h1-3,5,7-8,11,14H,4,6,9H2,(H,16,17,18). The van der Waals surface area contributed by atoms with Gasteiger partial charge in [-0.1, -0.05) is 6.07 Å². The zero-order chi connectivity index (χ0) is 12.2. The summed E-state index contributed by atoms with van der Waals surface area (Å²) >= 11 is 0. The van der Waals surface area contributed by atoms with Crippen LogP contribution in [-0.4, -0.2) is 34.1 Å². The van der Waals surface area contributed by atoms with E-state index in [1.807, 2.05) is 18.2 Å². The maximum Gasteiger partial charge on any atom is 0.222 e. The Morgan fingerprint density at radius 1 is 1.17 bits per heavy atom. The molecule has 3 rings (SSSR count). The highest BCUT2D eigenvalue weighted by Crippen LogP contribution is 2.15. The van der Waals surface area contributed by atoms with Crippen molar-refractivity contribution in [3.05, 3.63) is 36.8 Å². The summed E-state index contributed by atoms with van der Waals surface area (Å²) in [6.45, 7) is 2.04. The second-order valence-corrected chi connectivity index (χ2v) is 4.34. The van der Waals surface area contributed by atoms with Gasteiger partial charge in [0.2, 0.25) is 5.95 Å². The van der Waals surface area contributed by atoms with Crippen LogP contribution in [0.15, 0.2) is 36.8 Å². The average molecular weight is 241 g/mol. The highest BCUT2D eigenvalue weighted by molar-refractivity contribution is 5.56. The third-order valence-electron chi connectivity index (χ3n) is 3.01. The summed E-state index contributed by atoms with van der Waals surface area (Å²) in [5, 5.41) is 6.62. The van der Waals surface area contributed by atoms with Crippen LogP contribution in [0.1, 0.15) is 6.42 Å². The van der Waals surface area contributed by atoms with Crippen LogP contribution < -0.4 is 10.6 Å². The molecule has 18 heavy (non-hydrogen) atoms. The van der Waals surface area contributed by atoms with Crippen molar-refractivity contribution in [1.82, 2.24) is 20.3 Å². The van der Waals surface area contributed by atoms with Gasteiger partial charge in [0, 0.05) is 36.7 Å². The Bertz CT molecular complexity index is 491. The lowest BCUT2D eigenvalue weighted by Gasteiger charge is -2.10. The quantitative estimate of drug-likeness (QED) is 0.848. The zero-order valence-electron chi connectivity index (χ0n) is 10.0. The van der Waals surface area contributed by atoms with E-state index < -0.39 is 0 Å². The molecule has 5 nitrogen and oxygen atoms in total. The average Bonchev–Trinajstić information content (AvgIpc) is 2.94. The van der Waals surface area contributed by atoms with E-state index in [2.05, 4.69) is 25.6 Å². The molecule has 1 atom stereocenters. The van der Waals surface area contributed by atoms with Gasteiger partial charge in [-0.3, -0.25) is 4.98 Å². The lowest BCUT2D eigenvalue weighted by molar-refractivity contribution is 0.780. The van der Waals surface area contributed by atoms with E-state index in [0.29, 0.717) is 12.0 Å². The summed E-state index contributed by atoms with van der Waals surface area (Å²) in [6, 6.07) is 6.24. The Balaban J connectivity index is 1.72. The van der Waals surface area contributed by atoms with Gasteiger partial charge >= 0.3 is 0 Å². The molecular weight excluding hydrogens is 226 g/mol. The Labute approximate surface area is 106 Å². The van der Waals surface area contributed by atoms with Crippen LogP contribution in [0.2, 0.25) is 0 Å². The van der Waals surface area contributed by atoms with E-state index >= 15 is 0 Å². The molecule has 2 aromatic rings. The minimum absolute atomic E-state index is 0.436. The molecule has 0 aromatic carbocycles. The number of nitrogens with one attached hydrogen (secondary N) is 2. The Hall–Kier alpha value is -2.01. The van der Waals surface area contributed by atoms with E-state index in [4.69, 9.17) is 0 Å². The van der Waals surface area contributed by atoms with E-state index in [0.717, 1.165) is 30.8 Å². The van der Waals surface area contributed by atoms with E-state index in [1.165, 1.54) is 0 Å². The summed E-state index contributed by atoms with van der Waals surface area (Å²) in [7, 11) is 0. The first-order chi connectivity index (χ1) is 8.92. The lowest BCUT2D eigenvalue weighted by Crippen LogP contribution is -2.23. The molecule has 5 heteroatoms. The van der Waals surface area contributed by atoms with Gasteiger partial charge in [-0.05, 0) is 25.1 Å². The fourth-order valence-corrected chi connectivity index (χ4v) is 2.03. The van der Waals surface area contributed by atoms with Crippen molar-refractivity contribution in [2.45, 2.75) is 12.5 Å². The van der Waals surface area contributed by atoms with Crippen molar-refractivity contribution < 1.29 is 0 Å². The molecule has 0 radical (unpaired) electrons. The predicted octanol–water partition coefficient (Wildman–Crippen LogP) is 1.31. The molecule has 1 saturated heterocycles. The zero-order valence-corrected chi connectivity index (χ0v) is 10.0. The molecule has 0 bridgehead atoms. The maximum absolute atomic E-state index is 4.33. The van der Waals surface area contributed by atoms with Gasteiger partial charge in [-0.15, -0.1) is 0 Å². The van der Waals surface area contributed by atoms with Crippen molar-refractivity contribution in [3.63, 3.8) is 0 Å². The number of anilines is 1. The molecule has 0 aliphatic carbocycles. The molecule has 1 aliphatic heterocycles. The summed E-state index contributed by atoms with van der Waals surface area (Å²) in [6.07, 6.45) is 6.50. The third kappa shape index (κ3) is 2.46. The Morgan fingerprint density at radius 2 is 2.06 bits per heavy atom. The number of hydrogen-bond donors (Lipinski definition) is 2. The highest BCUT2D eigenvalue weighted by Gasteiger charge is 2.14. The van der Waals surface area contributed by atoms with Crippen LogP contribution in [-0.2, 0) is 0 Å². The normalized spacial score (nSPS) is 18.8. The van der Waals surface area contributed by atoms with Gasteiger partial charge in [0.15, 0.2) is 0 Å². The number of rotatable bonds is 3. The van der Waals surface area contributed by atoms with Gasteiger partial charge in [-0.2, -0.15) is 0 Å². The highest BCUT2D eigenvalue weighted by atomic mass is 15.1. The van der Waals surface area contributed by atoms with E-state index in [1.54, 1.807) is 18.6 Å². The molecule has 1 unspecified atom stereocenters. The number of nitrogens with zero attached hydrogens (tertiary/aromatic N) is 3. The minimum Gasteiger partial charge on any atom is -0.350 e. The SMILES string of the molecule is c1ccc(-c2cnc(NC3CCNC3)nc2)nc1. The van der Waals surface area contributed by atoms with Gasteiger partial charge < -0.3 is 10.6 Å². The summed E-state index contributed by atoms with van der Waals surface area (Å²) in [5.41, 5.74) is 1.83. The molecule has 3 heterocycles. The molecule has 1 aliphatic rings. The van der Waals surface area contributed by atoms with Crippen molar-refractivity contribution in [2.75, 3.05) is 18.4 Å². The van der Waals surface area contributed by atoms with Crippen molar-refractivity contribution >= 4 is 5.95 Å². The van der Waals surface area contributed by atoms with Crippen LogP contribution in [0.4, 0.5) is 5.95 Å². The molecule has 0 saturated carbocycles. The number of pyridine rings is 1. The van der Waals surface area contributed by atoms with Gasteiger partial charge in [0.05, 0.1) is 5.69 Å². The third-order valence-corrected chi connectivity index (χ3v) is 3.01. The van der Waals surface area contributed by atoms with Gasteiger partial charge in [0.25, 0.3) is 0 Å². The summed E-state index contributed by atoms with van der Waals surface area (Å²) < 4.78 is 0. The lowest BCUT2D eigenvalue weighted by atomic mass is 10.2. The molecule has 1 fully saturated rings. The predicted molar refractivity (Wildman–Crippen MR) is 70.2 cm³/mol. The minimum atomic E-state index is 0.436. The summed E-state index contributed by atoms with van der Waals surface area (Å²) in [5.74, 6) is 0.684. The fraction of sp³-hybridized carbons (Fsp3) is 0.308. The summed E-state index contributed by atoms with van der Waals surface area (Å²) in [4.78, 5) is 12.9. The first-order valence-corrected chi connectivity index (χ1v) is 6.12. The number of aromatic nitrogens is 3. The van der Waals surface area contributed by atoms with Crippen LogP contribution in [0, 0.1) is 0 Å². The fourth-order valence-electron chi connectivity index (χ4n) is 2.03.